The van der Waals surface area contributed by atoms with Gasteiger partial charge in [0.25, 0.3) is 0 Å². The molecule has 1 aromatic heterocycles. The molecule has 2 unspecified atom stereocenters. The Morgan fingerprint density at radius 1 is 0.919 bits per heavy atom. The van der Waals surface area contributed by atoms with Crippen molar-refractivity contribution in [2.45, 2.75) is 61.1 Å². The quantitative estimate of drug-likeness (QED) is 0.344. The lowest BCUT2D eigenvalue weighted by Crippen LogP contribution is -2.42. The number of rotatable bonds is 10. The molecule has 5 nitrogen and oxygen atoms in total. The average Bonchev–Trinajstić information content (AvgIpc) is 3.49. The Morgan fingerprint density at radius 2 is 1.68 bits per heavy atom. The van der Waals surface area contributed by atoms with E-state index in [-0.39, 0.29) is 0 Å². The van der Waals surface area contributed by atoms with Crippen LogP contribution in [0.2, 0.25) is 0 Å². The largest absolute Gasteiger partial charge is 0.497 e. The Hall–Kier alpha value is -2.19. The first-order chi connectivity index (χ1) is 18.0. The summed E-state index contributed by atoms with van der Waals surface area (Å²) < 4.78 is 33.6. The molecule has 1 fully saturated rings. The van der Waals surface area contributed by atoms with E-state index in [2.05, 4.69) is 58.6 Å². The van der Waals surface area contributed by atoms with Crippen molar-refractivity contribution in [3.05, 3.63) is 82.7 Å². The topological polar surface area (TPSA) is 67.4 Å². The molecule has 2 atom stereocenters. The van der Waals surface area contributed by atoms with Gasteiger partial charge in [-0.15, -0.1) is 11.3 Å². The van der Waals surface area contributed by atoms with Crippen molar-refractivity contribution in [3.8, 4) is 5.75 Å². The molecule has 0 aliphatic heterocycles. The number of nitrogens with one attached hydrogen (secondary N) is 2. The molecule has 7 heteroatoms. The first kappa shape index (κ1) is 26.4. The van der Waals surface area contributed by atoms with Crippen LogP contribution in [0.1, 0.15) is 54.7 Å². The normalized spacial score (nSPS) is 23.9. The van der Waals surface area contributed by atoms with E-state index >= 15 is 0 Å². The monoisotopic (exact) mass is 538 g/mol. The van der Waals surface area contributed by atoms with Gasteiger partial charge in [0.2, 0.25) is 10.0 Å². The summed E-state index contributed by atoms with van der Waals surface area (Å²) in [6.45, 7) is 1.58. The van der Waals surface area contributed by atoms with Crippen LogP contribution >= 0.6 is 11.3 Å². The first-order valence-electron chi connectivity index (χ1n) is 13.5. The van der Waals surface area contributed by atoms with Crippen molar-refractivity contribution in [2.24, 2.45) is 11.8 Å². The van der Waals surface area contributed by atoms with Gasteiger partial charge < -0.3 is 10.1 Å². The highest BCUT2D eigenvalue weighted by molar-refractivity contribution is 7.91. The van der Waals surface area contributed by atoms with Gasteiger partial charge in [0.1, 0.15) is 9.96 Å². The van der Waals surface area contributed by atoms with Crippen LogP contribution in [-0.2, 0) is 22.9 Å². The average molecular weight is 539 g/mol. The maximum Gasteiger partial charge on any atom is 0.250 e. The van der Waals surface area contributed by atoms with E-state index in [0.29, 0.717) is 34.5 Å². The van der Waals surface area contributed by atoms with Gasteiger partial charge in [-0.05, 0) is 104 Å². The van der Waals surface area contributed by atoms with E-state index < -0.39 is 10.0 Å². The fourth-order valence-electron chi connectivity index (χ4n) is 6.05. The summed E-state index contributed by atoms with van der Waals surface area (Å²) in [5.41, 5.74) is 4.26. The third kappa shape index (κ3) is 6.63. The van der Waals surface area contributed by atoms with Crippen LogP contribution in [0.4, 0.5) is 0 Å². The Balaban J connectivity index is 1.16. The van der Waals surface area contributed by atoms with Crippen molar-refractivity contribution >= 4 is 21.4 Å². The number of hydrogen-bond acceptors (Lipinski definition) is 5. The van der Waals surface area contributed by atoms with Gasteiger partial charge in [0.05, 0.1) is 7.11 Å². The molecule has 1 saturated carbocycles. The standard InChI is InChI=1S/C30H38N2O3S2/c1-35-26-14-15-27-25(19-26)13-16-29(28(27)18-22-6-3-2-4-7-22)31-20-23-9-11-24(12-10-23)21-32-37(33,34)30-8-5-17-36-30/h2-8,14-15,17,19,23-24,28-29,31-32H,9-13,16,18,20-21H2,1H3. The van der Waals surface area contributed by atoms with Gasteiger partial charge in [0.15, 0.2) is 0 Å². The number of fused-ring (bicyclic) bond motifs is 1. The summed E-state index contributed by atoms with van der Waals surface area (Å²) in [6, 6.07) is 21.3. The minimum atomic E-state index is -3.37. The summed E-state index contributed by atoms with van der Waals surface area (Å²) in [5.74, 6) is 2.46. The molecule has 2 aliphatic carbocycles. The Labute approximate surface area is 225 Å². The fraction of sp³-hybridized carbons (Fsp3) is 0.467. The van der Waals surface area contributed by atoms with E-state index in [0.717, 1.165) is 57.2 Å². The minimum absolute atomic E-state index is 0.406. The number of hydrogen-bond donors (Lipinski definition) is 2. The van der Waals surface area contributed by atoms with E-state index in [9.17, 15) is 8.42 Å². The second-order valence-electron chi connectivity index (χ2n) is 10.6. The zero-order valence-corrected chi connectivity index (χ0v) is 23.2. The molecule has 0 radical (unpaired) electrons. The Morgan fingerprint density at radius 3 is 2.38 bits per heavy atom. The highest BCUT2D eigenvalue weighted by Crippen LogP contribution is 2.37. The second-order valence-corrected chi connectivity index (χ2v) is 13.5. The summed E-state index contributed by atoms with van der Waals surface area (Å²) >= 11 is 1.27. The Bertz CT molecular complexity index is 1240. The molecule has 2 aliphatic rings. The summed E-state index contributed by atoms with van der Waals surface area (Å²) in [5, 5.41) is 5.78. The SMILES string of the molecule is COc1ccc2c(c1)CCC(NCC1CCC(CNS(=O)(=O)c3cccs3)CC1)C2Cc1ccccc1. The third-order valence-corrected chi connectivity index (χ3v) is 11.0. The van der Waals surface area contributed by atoms with E-state index in [1.54, 1.807) is 24.6 Å². The first-order valence-corrected chi connectivity index (χ1v) is 15.9. The lowest BCUT2D eigenvalue weighted by molar-refractivity contribution is 0.252. The van der Waals surface area contributed by atoms with Crippen LogP contribution in [0.3, 0.4) is 0 Å². The number of thiophene rings is 1. The number of aryl methyl sites for hydroxylation is 1. The highest BCUT2D eigenvalue weighted by Gasteiger charge is 2.31. The lowest BCUT2D eigenvalue weighted by Gasteiger charge is -2.37. The second kappa shape index (κ2) is 12.1. The van der Waals surface area contributed by atoms with E-state index in [1.807, 2.05) is 0 Å². The molecule has 1 heterocycles. The maximum atomic E-state index is 12.4. The zero-order valence-electron chi connectivity index (χ0n) is 21.6. The molecule has 5 rings (SSSR count). The van der Waals surface area contributed by atoms with Crippen molar-refractivity contribution in [3.63, 3.8) is 0 Å². The van der Waals surface area contributed by atoms with E-state index in [1.165, 1.54) is 28.0 Å². The number of sulfonamides is 1. The van der Waals surface area contributed by atoms with Gasteiger partial charge in [0, 0.05) is 18.5 Å². The summed E-state index contributed by atoms with van der Waals surface area (Å²) in [4.78, 5) is 0. The van der Waals surface area contributed by atoms with Crippen LogP contribution in [0.15, 0.2) is 70.3 Å². The number of benzene rings is 2. The van der Waals surface area contributed by atoms with Crippen LogP contribution in [0, 0.1) is 11.8 Å². The van der Waals surface area contributed by atoms with Gasteiger partial charge in [-0.25, -0.2) is 13.1 Å². The van der Waals surface area contributed by atoms with Crippen LogP contribution in [0.5, 0.6) is 5.75 Å². The molecule has 0 spiro atoms. The minimum Gasteiger partial charge on any atom is -0.497 e. The van der Waals surface area contributed by atoms with Crippen LogP contribution in [-0.4, -0.2) is 34.7 Å². The van der Waals surface area contributed by atoms with Gasteiger partial charge in [-0.3, -0.25) is 0 Å². The molecule has 2 aromatic carbocycles. The van der Waals surface area contributed by atoms with Crippen molar-refractivity contribution < 1.29 is 13.2 Å². The molecule has 3 aromatic rings. The molecule has 2 N–H and O–H groups in total. The number of methoxy groups -OCH3 is 1. The molecule has 198 valence electrons. The molecule has 37 heavy (non-hydrogen) atoms. The van der Waals surface area contributed by atoms with Crippen molar-refractivity contribution in [1.82, 2.24) is 10.0 Å². The molecule has 0 amide bonds. The van der Waals surface area contributed by atoms with Crippen molar-refractivity contribution in [1.29, 1.82) is 0 Å². The molecular formula is C30H38N2O3S2. The zero-order chi connectivity index (χ0) is 25.7. The summed E-state index contributed by atoms with van der Waals surface area (Å²) in [6.07, 6.45) is 7.73. The maximum absolute atomic E-state index is 12.4. The van der Waals surface area contributed by atoms with Crippen LogP contribution < -0.4 is 14.8 Å². The van der Waals surface area contributed by atoms with Gasteiger partial charge in [-0.2, -0.15) is 0 Å². The Kier molecular flexibility index (Phi) is 8.65. The molecule has 0 bridgehead atoms. The van der Waals surface area contributed by atoms with Crippen LogP contribution in [0.25, 0.3) is 0 Å². The lowest BCUT2D eigenvalue weighted by atomic mass is 9.75. The smallest absolute Gasteiger partial charge is 0.250 e. The predicted octanol–water partition coefficient (Wildman–Crippen LogP) is 5.77. The molecule has 0 saturated heterocycles. The number of ether oxygens (including phenoxy) is 1. The third-order valence-electron chi connectivity index (χ3n) is 8.22. The summed E-state index contributed by atoms with van der Waals surface area (Å²) in [7, 11) is -1.63. The molecular weight excluding hydrogens is 500 g/mol. The predicted molar refractivity (Wildman–Crippen MR) is 151 cm³/mol. The fourth-order valence-corrected chi connectivity index (χ4v) is 8.21. The van der Waals surface area contributed by atoms with Gasteiger partial charge in [-0.1, -0.05) is 42.5 Å². The highest BCUT2D eigenvalue weighted by atomic mass is 32.2. The van der Waals surface area contributed by atoms with E-state index in [4.69, 9.17) is 4.74 Å². The van der Waals surface area contributed by atoms with Crippen molar-refractivity contribution in [2.75, 3.05) is 20.2 Å². The van der Waals surface area contributed by atoms with Gasteiger partial charge >= 0.3 is 0 Å².